The fourth-order valence-corrected chi connectivity index (χ4v) is 3.90. The Morgan fingerprint density at radius 1 is 1.13 bits per heavy atom. The van der Waals surface area contributed by atoms with E-state index in [0.717, 1.165) is 23.4 Å². The maximum absolute atomic E-state index is 12.8. The predicted octanol–water partition coefficient (Wildman–Crippen LogP) is 5.57. The van der Waals surface area contributed by atoms with E-state index < -0.39 is 11.7 Å². The highest BCUT2D eigenvalue weighted by Gasteiger charge is 2.30. The van der Waals surface area contributed by atoms with Crippen LogP contribution in [0.1, 0.15) is 16.8 Å². The zero-order valence-electron chi connectivity index (χ0n) is 15.9. The Kier molecular flexibility index (Phi) is 5.75. The average molecular weight is 452 g/mol. The molecule has 0 bridgehead atoms. The van der Waals surface area contributed by atoms with E-state index in [1.165, 1.54) is 23.9 Å². The molecule has 1 aliphatic heterocycles. The second kappa shape index (κ2) is 8.31. The molecule has 0 saturated heterocycles. The molecule has 0 aliphatic carbocycles. The molecule has 3 heterocycles. The number of nitrogens with one attached hydrogen (secondary N) is 1. The van der Waals surface area contributed by atoms with Crippen molar-refractivity contribution in [3.63, 3.8) is 0 Å². The van der Waals surface area contributed by atoms with Crippen molar-refractivity contribution < 1.29 is 13.2 Å². The lowest BCUT2D eigenvalue weighted by Gasteiger charge is -2.30. The van der Waals surface area contributed by atoms with Crippen LogP contribution < -0.4 is 10.2 Å². The highest BCUT2D eigenvalue weighted by molar-refractivity contribution is 7.98. The van der Waals surface area contributed by atoms with Gasteiger partial charge in [-0.2, -0.15) is 13.2 Å². The predicted molar refractivity (Wildman–Crippen MR) is 113 cm³/mol. The average Bonchev–Trinajstić information content (AvgIpc) is 2.73. The van der Waals surface area contributed by atoms with Crippen LogP contribution in [0, 0.1) is 0 Å². The van der Waals surface area contributed by atoms with Crippen LogP contribution in [0.2, 0.25) is 5.02 Å². The van der Waals surface area contributed by atoms with Crippen molar-refractivity contribution in [3.8, 4) is 0 Å². The topological polar surface area (TPSA) is 53.9 Å². The summed E-state index contributed by atoms with van der Waals surface area (Å²) in [6.07, 6.45) is -0.143. The van der Waals surface area contributed by atoms with Gasteiger partial charge in [0.25, 0.3) is 0 Å². The third-order valence-electron chi connectivity index (χ3n) is 4.74. The maximum atomic E-state index is 12.8. The van der Waals surface area contributed by atoms with Gasteiger partial charge in [0.15, 0.2) is 5.16 Å². The van der Waals surface area contributed by atoms with Crippen molar-refractivity contribution in [3.05, 3.63) is 64.4 Å². The first-order valence-corrected chi connectivity index (χ1v) is 10.7. The second-order valence-electron chi connectivity index (χ2n) is 6.66. The lowest BCUT2D eigenvalue weighted by atomic mass is 10.1. The van der Waals surface area contributed by atoms with E-state index in [1.54, 1.807) is 18.3 Å². The number of halogens is 4. The van der Waals surface area contributed by atoms with Crippen LogP contribution in [0.3, 0.4) is 0 Å². The van der Waals surface area contributed by atoms with Crippen molar-refractivity contribution in [1.29, 1.82) is 0 Å². The van der Waals surface area contributed by atoms with E-state index in [4.69, 9.17) is 11.6 Å². The van der Waals surface area contributed by atoms with Crippen LogP contribution in [-0.4, -0.2) is 27.8 Å². The summed E-state index contributed by atoms with van der Waals surface area (Å²) in [4.78, 5) is 15.6. The number of hydrogen-bond donors (Lipinski definition) is 1. The zero-order chi connectivity index (χ0) is 21.3. The van der Waals surface area contributed by atoms with Crippen LogP contribution in [0.15, 0.2) is 47.8 Å². The zero-order valence-corrected chi connectivity index (χ0v) is 17.4. The number of nitrogens with zero attached hydrogens (tertiary/aromatic N) is 4. The van der Waals surface area contributed by atoms with Crippen molar-refractivity contribution in [2.24, 2.45) is 0 Å². The lowest BCUT2D eigenvalue weighted by molar-refractivity contribution is -0.137. The third kappa shape index (κ3) is 4.32. The van der Waals surface area contributed by atoms with Crippen LogP contribution in [0.25, 0.3) is 0 Å². The molecule has 0 radical (unpaired) electrons. The molecule has 0 unspecified atom stereocenters. The molecule has 0 spiro atoms. The van der Waals surface area contributed by atoms with E-state index in [2.05, 4.69) is 25.2 Å². The highest BCUT2D eigenvalue weighted by Crippen LogP contribution is 2.33. The molecule has 0 saturated carbocycles. The molecule has 3 aromatic rings. The van der Waals surface area contributed by atoms with Gasteiger partial charge in [0, 0.05) is 24.0 Å². The molecule has 0 fully saturated rings. The Morgan fingerprint density at radius 2 is 1.90 bits per heavy atom. The Labute approximate surface area is 180 Å². The van der Waals surface area contributed by atoms with Crippen molar-refractivity contribution >= 4 is 40.7 Å². The van der Waals surface area contributed by atoms with Gasteiger partial charge < -0.3 is 10.2 Å². The Morgan fingerprint density at radius 3 is 2.57 bits per heavy atom. The molecule has 0 atom stereocenters. The molecule has 4 rings (SSSR count). The van der Waals surface area contributed by atoms with Gasteiger partial charge in [-0.05, 0) is 49.1 Å². The number of hydrogen-bond acceptors (Lipinski definition) is 6. The molecular formula is C20H17ClF3N5S. The molecule has 10 heteroatoms. The molecule has 1 N–H and O–H groups in total. The summed E-state index contributed by atoms with van der Waals surface area (Å²) in [6.45, 7) is 1.19. The summed E-state index contributed by atoms with van der Waals surface area (Å²) in [5, 5.41) is 4.31. The quantitative estimate of drug-likeness (QED) is 0.413. The Bertz CT molecular complexity index is 1060. The number of anilines is 3. The number of rotatable bonds is 4. The first kappa shape index (κ1) is 20.7. The smallest absolute Gasteiger partial charge is 0.349 e. The van der Waals surface area contributed by atoms with Crippen molar-refractivity contribution in [2.45, 2.75) is 24.3 Å². The van der Waals surface area contributed by atoms with E-state index in [-0.39, 0.29) is 0 Å². The van der Waals surface area contributed by atoms with E-state index in [1.807, 2.05) is 6.26 Å². The summed E-state index contributed by atoms with van der Waals surface area (Å²) in [5.74, 6) is 1.31. The van der Waals surface area contributed by atoms with Gasteiger partial charge in [-0.25, -0.2) is 15.0 Å². The minimum absolute atomic E-state index is 0.518. The van der Waals surface area contributed by atoms with Gasteiger partial charge >= 0.3 is 6.18 Å². The normalized spacial score (nSPS) is 13.8. The summed E-state index contributed by atoms with van der Waals surface area (Å²) >= 11 is 7.69. The first-order chi connectivity index (χ1) is 14.3. The minimum Gasteiger partial charge on any atom is -0.349 e. The van der Waals surface area contributed by atoms with Crippen LogP contribution in [0.4, 0.5) is 30.5 Å². The standard InChI is InChI=1S/C20H17ClF3N5S/c1-30-19-27-16-11-29(18-15(21)3-2-9-25-18)10-8-14(16)17(28-19)26-13-6-4-12(5-7-13)20(22,23)24/h2-7,9H,8,10-11H2,1H3,(H,26,27,28). The van der Waals surface area contributed by atoms with Crippen LogP contribution in [-0.2, 0) is 19.1 Å². The summed E-state index contributed by atoms with van der Waals surface area (Å²) < 4.78 is 38.4. The van der Waals surface area contributed by atoms with Gasteiger partial charge in [-0.15, -0.1) is 0 Å². The van der Waals surface area contributed by atoms with E-state index >= 15 is 0 Å². The fourth-order valence-electron chi connectivity index (χ4n) is 3.27. The highest BCUT2D eigenvalue weighted by atomic mass is 35.5. The minimum atomic E-state index is -4.37. The van der Waals surface area contributed by atoms with Crippen LogP contribution in [0.5, 0.6) is 0 Å². The molecule has 1 aromatic carbocycles. The van der Waals surface area contributed by atoms with E-state index in [0.29, 0.717) is 47.0 Å². The molecule has 2 aromatic heterocycles. The number of thioether (sulfide) groups is 1. The lowest BCUT2D eigenvalue weighted by Crippen LogP contribution is -2.32. The molecule has 30 heavy (non-hydrogen) atoms. The monoisotopic (exact) mass is 451 g/mol. The third-order valence-corrected chi connectivity index (χ3v) is 5.58. The van der Waals surface area contributed by atoms with Crippen molar-refractivity contribution in [1.82, 2.24) is 15.0 Å². The SMILES string of the molecule is CSc1nc2c(c(Nc3ccc(C(F)(F)F)cc3)n1)CCN(c1ncccc1Cl)C2. The largest absolute Gasteiger partial charge is 0.416 e. The first-order valence-electron chi connectivity index (χ1n) is 9.08. The maximum Gasteiger partial charge on any atom is 0.416 e. The number of fused-ring (bicyclic) bond motifs is 1. The van der Waals surface area contributed by atoms with Gasteiger partial charge in [0.2, 0.25) is 0 Å². The van der Waals surface area contributed by atoms with Gasteiger partial charge in [0.05, 0.1) is 22.8 Å². The Balaban J connectivity index is 1.63. The molecular weight excluding hydrogens is 435 g/mol. The van der Waals surface area contributed by atoms with Gasteiger partial charge in [0.1, 0.15) is 11.6 Å². The molecule has 156 valence electrons. The summed E-state index contributed by atoms with van der Waals surface area (Å²) in [7, 11) is 0. The van der Waals surface area contributed by atoms with Crippen molar-refractivity contribution in [2.75, 3.05) is 23.0 Å². The second-order valence-corrected chi connectivity index (χ2v) is 7.85. The molecule has 5 nitrogen and oxygen atoms in total. The number of alkyl halides is 3. The molecule has 1 aliphatic rings. The molecule has 0 amide bonds. The summed E-state index contributed by atoms with van der Waals surface area (Å²) in [5.41, 5.74) is 1.63. The number of benzene rings is 1. The van der Waals surface area contributed by atoms with Gasteiger partial charge in [-0.3, -0.25) is 0 Å². The number of aromatic nitrogens is 3. The summed E-state index contributed by atoms with van der Waals surface area (Å²) in [6, 6.07) is 8.48. The van der Waals surface area contributed by atoms with E-state index in [9.17, 15) is 13.2 Å². The van der Waals surface area contributed by atoms with Gasteiger partial charge in [-0.1, -0.05) is 23.4 Å². The van der Waals surface area contributed by atoms with Crippen LogP contribution >= 0.6 is 23.4 Å². The number of pyridine rings is 1. The fraction of sp³-hybridized carbons (Fsp3) is 0.250. The Hall–Kier alpha value is -2.52.